The molecule has 1 aliphatic heterocycles. The maximum Gasteiger partial charge on any atom is 0.573 e. The van der Waals surface area contributed by atoms with E-state index in [9.17, 15) is 13.2 Å². The van der Waals surface area contributed by atoms with Crippen LogP contribution in [0.4, 0.5) is 13.2 Å². The van der Waals surface area contributed by atoms with Gasteiger partial charge in [0.15, 0.2) is 11.5 Å². The van der Waals surface area contributed by atoms with Gasteiger partial charge in [0, 0.05) is 0 Å². The van der Waals surface area contributed by atoms with E-state index in [1.165, 1.54) is 18.2 Å². The second-order valence-electron chi connectivity index (χ2n) is 4.06. The average molecular weight is 261 g/mol. The van der Waals surface area contributed by atoms with Crippen molar-refractivity contribution in [1.29, 1.82) is 0 Å². The third-order valence-electron chi connectivity index (χ3n) is 2.65. The zero-order chi connectivity index (χ0) is 13.0. The molecule has 0 unspecified atom stereocenters. The molecule has 1 N–H and O–H groups in total. The van der Waals surface area contributed by atoms with Gasteiger partial charge in [0.25, 0.3) is 0 Å². The predicted molar refractivity (Wildman–Crippen MR) is 59.6 cm³/mol. The lowest BCUT2D eigenvalue weighted by Crippen LogP contribution is -2.34. The number of hydrogen-bond donors (Lipinski definition) is 1. The van der Waals surface area contributed by atoms with E-state index in [4.69, 9.17) is 4.74 Å². The third-order valence-corrected chi connectivity index (χ3v) is 2.65. The van der Waals surface area contributed by atoms with Gasteiger partial charge in [0.2, 0.25) is 0 Å². The molecule has 0 radical (unpaired) electrons. The monoisotopic (exact) mass is 261 g/mol. The smallest absolute Gasteiger partial charge is 0.486 e. The van der Waals surface area contributed by atoms with Crippen LogP contribution in [0.3, 0.4) is 0 Å². The van der Waals surface area contributed by atoms with Gasteiger partial charge in [0.05, 0.1) is 0 Å². The summed E-state index contributed by atoms with van der Waals surface area (Å²) in [5.74, 6) is -0.148. The Labute approximate surface area is 103 Å². The number of halogens is 3. The quantitative estimate of drug-likeness (QED) is 0.907. The Bertz CT molecular complexity index is 389. The Balaban J connectivity index is 2.06. The highest BCUT2D eigenvalue weighted by atomic mass is 19.4. The molecular formula is C12H14F3NO2. The molecule has 0 spiro atoms. The van der Waals surface area contributed by atoms with Crippen LogP contribution in [0.25, 0.3) is 0 Å². The van der Waals surface area contributed by atoms with E-state index >= 15 is 0 Å². The summed E-state index contributed by atoms with van der Waals surface area (Å²) >= 11 is 0. The molecule has 100 valence electrons. The molecule has 6 heteroatoms. The van der Waals surface area contributed by atoms with Gasteiger partial charge in [-0.05, 0) is 38.1 Å². The first kappa shape index (κ1) is 13.0. The minimum Gasteiger partial charge on any atom is -0.486 e. The molecular weight excluding hydrogens is 247 g/mol. The van der Waals surface area contributed by atoms with Gasteiger partial charge >= 0.3 is 6.36 Å². The van der Waals surface area contributed by atoms with Crippen molar-refractivity contribution in [2.75, 3.05) is 13.1 Å². The molecule has 0 aromatic heterocycles. The highest BCUT2D eigenvalue weighted by Gasteiger charge is 2.32. The lowest BCUT2D eigenvalue weighted by Gasteiger charge is -2.25. The summed E-state index contributed by atoms with van der Waals surface area (Å²) in [5.41, 5.74) is 0. The minimum absolute atomic E-state index is 0.0655. The summed E-state index contributed by atoms with van der Waals surface area (Å²) in [6, 6.07) is 5.85. The Kier molecular flexibility index (Phi) is 3.96. The molecule has 0 atom stereocenters. The highest BCUT2D eigenvalue weighted by molar-refractivity contribution is 5.39. The number of ether oxygens (including phenoxy) is 2. The van der Waals surface area contributed by atoms with Gasteiger partial charge in [0.1, 0.15) is 6.10 Å². The molecule has 0 aliphatic carbocycles. The van der Waals surface area contributed by atoms with Crippen LogP contribution in [0.15, 0.2) is 24.3 Å². The standard InChI is InChI=1S/C12H14F3NO2/c13-12(14,15)18-11-4-2-1-3-10(11)17-9-5-7-16-8-6-9/h1-4,9,16H,5-8H2. The van der Waals surface area contributed by atoms with Crippen molar-refractivity contribution >= 4 is 0 Å². The molecule has 0 bridgehead atoms. The maximum atomic E-state index is 12.2. The molecule has 1 aliphatic rings. The molecule has 1 aromatic rings. The van der Waals surface area contributed by atoms with Gasteiger partial charge in [-0.2, -0.15) is 0 Å². The fourth-order valence-electron chi connectivity index (χ4n) is 1.85. The fraction of sp³-hybridized carbons (Fsp3) is 0.500. The summed E-state index contributed by atoms with van der Waals surface area (Å²) in [6.45, 7) is 1.62. The van der Waals surface area contributed by atoms with Crippen molar-refractivity contribution in [3.63, 3.8) is 0 Å². The number of nitrogens with one attached hydrogen (secondary N) is 1. The van der Waals surface area contributed by atoms with Gasteiger partial charge in [-0.15, -0.1) is 13.2 Å². The van der Waals surface area contributed by atoms with E-state index in [1.807, 2.05) is 0 Å². The van der Waals surface area contributed by atoms with Crippen LogP contribution < -0.4 is 14.8 Å². The lowest BCUT2D eigenvalue weighted by molar-refractivity contribution is -0.275. The highest BCUT2D eigenvalue weighted by Crippen LogP contribution is 2.33. The van der Waals surface area contributed by atoms with E-state index in [2.05, 4.69) is 10.1 Å². The number of hydrogen-bond acceptors (Lipinski definition) is 3. The third kappa shape index (κ3) is 3.80. The number of piperidine rings is 1. The normalized spacial score (nSPS) is 17.5. The van der Waals surface area contributed by atoms with E-state index in [0.717, 1.165) is 25.9 Å². The van der Waals surface area contributed by atoms with Gasteiger partial charge in [-0.3, -0.25) is 0 Å². The Morgan fingerprint density at radius 1 is 1.06 bits per heavy atom. The Morgan fingerprint density at radius 3 is 2.28 bits per heavy atom. The van der Waals surface area contributed by atoms with Crippen LogP contribution in [0.1, 0.15) is 12.8 Å². The van der Waals surface area contributed by atoms with Crippen LogP contribution in [-0.2, 0) is 0 Å². The van der Waals surface area contributed by atoms with E-state index in [1.54, 1.807) is 6.07 Å². The number of alkyl halides is 3. The second-order valence-corrected chi connectivity index (χ2v) is 4.06. The average Bonchev–Trinajstić information content (AvgIpc) is 2.31. The van der Waals surface area contributed by atoms with Gasteiger partial charge < -0.3 is 14.8 Å². The van der Waals surface area contributed by atoms with E-state index in [0.29, 0.717) is 0 Å². The first-order chi connectivity index (χ1) is 8.54. The SMILES string of the molecule is FC(F)(F)Oc1ccccc1OC1CCNCC1. The van der Waals surface area contributed by atoms with Crippen molar-refractivity contribution in [3.05, 3.63) is 24.3 Å². The number of benzene rings is 1. The zero-order valence-corrected chi connectivity index (χ0v) is 9.67. The molecule has 1 saturated heterocycles. The Hall–Kier alpha value is -1.43. The molecule has 2 rings (SSSR count). The van der Waals surface area contributed by atoms with Gasteiger partial charge in [-0.1, -0.05) is 12.1 Å². The maximum absolute atomic E-state index is 12.2. The van der Waals surface area contributed by atoms with Crippen LogP contribution in [-0.4, -0.2) is 25.6 Å². The van der Waals surface area contributed by atoms with E-state index in [-0.39, 0.29) is 17.6 Å². The van der Waals surface area contributed by atoms with Crippen molar-refractivity contribution < 1.29 is 22.6 Å². The molecule has 3 nitrogen and oxygen atoms in total. The predicted octanol–water partition coefficient (Wildman–Crippen LogP) is 2.72. The topological polar surface area (TPSA) is 30.5 Å². The summed E-state index contributed by atoms with van der Waals surface area (Å²) in [6.07, 6.45) is -3.21. The molecule has 0 amide bonds. The summed E-state index contributed by atoms with van der Waals surface area (Å²) < 4.78 is 46.1. The number of para-hydroxylation sites is 2. The van der Waals surface area contributed by atoms with Crippen LogP contribution in [0.2, 0.25) is 0 Å². The fourth-order valence-corrected chi connectivity index (χ4v) is 1.85. The first-order valence-corrected chi connectivity index (χ1v) is 5.77. The minimum atomic E-state index is -4.70. The zero-order valence-electron chi connectivity index (χ0n) is 9.67. The summed E-state index contributed by atoms with van der Waals surface area (Å²) in [4.78, 5) is 0. The van der Waals surface area contributed by atoms with Crippen molar-refractivity contribution in [1.82, 2.24) is 5.32 Å². The second kappa shape index (κ2) is 5.48. The first-order valence-electron chi connectivity index (χ1n) is 5.77. The molecule has 18 heavy (non-hydrogen) atoms. The molecule has 1 heterocycles. The largest absolute Gasteiger partial charge is 0.573 e. The van der Waals surface area contributed by atoms with E-state index < -0.39 is 6.36 Å². The van der Waals surface area contributed by atoms with Crippen LogP contribution in [0.5, 0.6) is 11.5 Å². The van der Waals surface area contributed by atoms with Crippen LogP contribution in [0, 0.1) is 0 Å². The Morgan fingerprint density at radius 2 is 1.67 bits per heavy atom. The summed E-state index contributed by atoms with van der Waals surface area (Å²) in [7, 11) is 0. The van der Waals surface area contributed by atoms with Crippen molar-refractivity contribution in [3.8, 4) is 11.5 Å². The number of rotatable bonds is 3. The van der Waals surface area contributed by atoms with Crippen molar-refractivity contribution in [2.45, 2.75) is 25.3 Å². The molecule has 1 fully saturated rings. The molecule has 0 saturated carbocycles. The van der Waals surface area contributed by atoms with Crippen molar-refractivity contribution in [2.24, 2.45) is 0 Å². The van der Waals surface area contributed by atoms with Gasteiger partial charge in [-0.25, -0.2) is 0 Å². The lowest BCUT2D eigenvalue weighted by atomic mass is 10.1. The molecule has 1 aromatic carbocycles. The van der Waals surface area contributed by atoms with Crippen LogP contribution >= 0.6 is 0 Å². The summed E-state index contributed by atoms with van der Waals surface area (Å²) in [5, 5.41) is 3.16.